The van der Waals surface area contributed by atoms with E-state index in [-0.39, 0.29) is 5.97 Å². The fraction of sp³-hybridized carbons (Fsp3) is 0.588. The summed E-state index contributed by atoms with van der Waals surface area (Å²) in [5.74, 6) is 0.430. The van der Waals surface area contributed by atoms with Crippen molar-refractivity contribution in [2.75, 3.05) is 6.61 Å². The molecule has 2 nitrogen and oxygen atoms in total. The number of unbranched alkanes of at least 4 members (excludes halogenated alkanes) is 3. The first-order chi connectivity index (χ1) is 9.24. The molecule has 0 radical (unpaired) electrons. The van der Waals surface area contributed by atoms with Crippen LogP contribution in [0.4, 0.5) is 0 Å². The minimum Gasteiger partial charge on any atom is -0.462 e. The average Bonchev–Trinajstić information content (AvgIpc) is 2.44. The van der Waals surface area contributed by atoms with Gasteiger partial charge in [0.15, 0.2) is 0 Å². The average molecular weight is 262 g/mol. The molecule has 1 aromatic carbocycles. The van der Waals surface area contributed by atoms with Crippen LogP contribution < -0.4 is 0 Å². The molecule has 0 aliphatic carbocycles. The van der Waals surface area contributed by atoms with E-state index in [0.29, 0.717) is 18.1 Å². The van der Waals surface area contributed by atoms with Crippen LogP contribution >= 0.6 is 0 Å². The molecule has 0 saturated carbocycles. The molecule has 1 atom stereocenters. The van der Waals surface area contributed by atoms with Crippen molar-refractivity contribution in [3.05, 3.63) is 35.9 Å². The summed E-state index contributed by atoms with van der Waals surface area (Å²) in [5.41, 5.74) is 0.637. The minimum atomic E-state index is -0.209. The molecule has 0 aliphatic heterocycles. The molecule has 106 valence electrons. The molecule has 0 spiro atoms. The summed E-state index contributed by atoms with van der Waals surface area (Å²) < 4.78 is 5.29. The van der Waals surface area contributed by atoms with Crippen LogP contribution in [0.3, 0.4) is 0 Å². The largest absolute Gasteiger partial charge is 0.462 e. The normalized spacial score (nSPS) is 12.1. The van der Waals surface area contributed by atoms with Crippen molar-refractivity contribution in [1.82, 2.24) is 0 Å². The Hall–Kier alpha value is -1.31. The van der Waals surface area contributed by atoms with Crippen molar-refractivity contribution in [3.8, 4) is 0 Å². The predicted octanol–water partition coefficient (Wildman–Crippen LogP) is 4.84. The third-order valence-corrected chi connectivity index (χ3v) is 3.40. The van der Waals surface area contributed by atoms with Crippen LogP contribution in [0, 0.1) is 5.92 Å². The second-order valence-corrected chi connectivity index (χ2v) is 5.25. The lowest BCUT2D eigenvalue weighted by Crippen LogP contribution is -2.09. The number of hydrogen-bond acceptors (Lipinski definition) is 2. The molecule has 0 amide bonds. The van der Waals surface area contributed by atoms with Gasteiger partial charge >= 0.3 is 5.97 Å². The number of carbonyl (C=O) groups is 1. The molecule has 0 saturated heterocycles. The van der Waals surface area contributed by atoms with Crippen molar-refractivity contribution in [1.29, 1.82) is 0 Å². The van der Waals surface area contributed by atoms with Gasteiger partial charge in [-0.3, -0.25) is 0 Å². The topological polar surface area (TPSA) is 26.3 Å². The summed E-state index contributed by atoms with van der Waals surface area (Å²) in [5, 5.41) is 0. The minimum absolute atomic E-state index is 0.209. The second kappa shape index (κ2) is 9.60. The van der Waals surface area contributed by atoms with Gasteiger partial charge in [0.2, 0.25) is 0 Å². The van der Waals surface area contributed by atoms with E-state index in [2.05, 4.69) is 13.8 Å². The first-order valence-corrected chi connectivity index (χ1v) is 7.46. The van der Waals surface area contributed by atoms with Gasteiger partial charge in [-0.2, -0.15) is 0 Å². The first kappa shape index (κ1) is 15.7. The number of ether oxygens (including phenoxy) is 1. The van der Waals surface area contributed by atoms with Crippen LogP contribution in [0.5, 0.6) is 0 Å². The van der Waals surface area contributed by atoms with Crippen molar-refractivity contribution >= 4 is 5.97 Å². The van der Waals surface area contributed by atoms with Crippen LogP contribution in [0.15, 0.2) is 30.3 Å². The Morgan fingerprint density at radius 2 is 1.84 bits per heavy atom. The van der Waals surface area contributed by atoms with Crippen LogP contribution in [0.25, 0.3) is 0 Å². The number of benzene rings is 1. The number of carbonyl (C=O) groups excluding carboxylic acids is 1. The fourth-order valence-electron chi connectivity index (χ4n) is 2.07. The Labute approximate surface area is 117 Å². The van der Waals surface area contributed by atoms with Gasteiger partial charge in [-0.05, 0) is 24.5 Å². The highest BCUT2D eigenvalue weighted by molar-refractivity contribution is 5.89. The molecule has 1 rings (SSSR count). The van der Waals surface area contributed by atoms with E-state index in [4.69, 9.17) is 4.74 Å². The Balaban J connectivity index is 2.11. The van der Waals surface area contributed by atoms with Crippen molar-refractivity contribution in [2.45, 2.75) is 52.4 Å². The Morgan fingerprint density at radius 1 is 1.11 bits per heavy atom. The zero-order chi connectivity index (χ0) is 13.9. The van der Waals surface area contributed by atoms with Gasteiger partial charge in [0, 0.05) is 0 Å². The molecule has 0 unspecified atom stereocenters. The molecule has 0 fully saturated rings. The third kappa shape index (κ3) is 7.00. The van der Waals surface area contributed by atoms with E-state index < -0.39 is 0 Å². The highest BCUT2D eigenvalue weighted by Gasteiger charge is 2.07. The maximum atomic E-state index is 11.7. The van der Waals surface area contributed by atoms with E-state index >= 15 is 0 Å². The molecular formula is C17H26O2. The quantitative estimate of drug-likeness (QED) is 0.470. The molecular weight excluding hydrogens is 236 g/mol. The van der Waals surface area contributed by atoms with Gasteiger partial charge in [0.05, 0.1) is 12.2 Å². The zero-order valence-corrected chi connectivity index (χ0v) is 12.2. The number of hydrogen-bond donors (Lipinski definition) is 0. The Morgan fingerprint density at radius 3 is 2.53 bits per heavy atom. The lowest BCUT2D eigenvalue weighted by molar-refractivity contribution is 0.0483. The molecule has 0 N–H and O–H groups in total. The van der Waals surface area contributed by atoms with Gasteiger partial charge in [0.25, 0.3) is 0 Å². The smallest absolute Gasteiger partial charge is 0.338 e. The van der Waals surface area contributed by atoms with E-state index in [9.17, 15) is 4.79 Å². The number of esters is 1. The highest BCUT2D eigenvalue weighted by atomic mass is 16.5. The fourth-order valence-corrected chi connectivity index (χ4v) is 2.07. The summed E-state index contributed by atoms with van der Waals surface area (Å²) in [6.07, 6.45) is 7.43. The third-order valence-electron chi connectivity index (χ3n) is 3.40. The van der Waals surface area contributed by atoms with E-state index in [1.165, 1.54) is 32.1 Å². The summed E-state index contributed by atoms with van der Waals surface area (Å²) in [6.45, 7) is 5.00. The first-order valence-electron chi connectivity index (χ1n) is 7.46. The predicted molar refractivity (Wildman–Crippen MR) is 79.3 cm³/mol. The molecule has 0 aromatic heterocycles. The van der Waals surface area contributed by atoms with Gasteiger partial charge in [-0.25, -0.2) is 4.79 Å². The summed E-state index contributed by atoms with van der Waals surface area (Å²) in [4.78, 5) is 11.7. The Bertz CT molecular complexity index is 346. The van der Waals surface area contributed by atoms with Gasteiger partial charge < -0.3 is 4.74 Å². The van der Waals surface area contributed by atoms with Gasteiger partial charge in [-0.1, -0.05) is 64.2 Å². The van der Waals surface area contributed by atoms with E-state index in [1.807, 2.05) is 18.2 Å². The van der Waals surface area contributed by atoms with Crippen LogP contribution in [0.2, 0.25) is 0 Å². The van der Waals surface area contributed by atoms with E-state index in [0.717, 1.165) is 6.42 Å². The van der Waals surface area contributed by atoms with E-state index in [1.54, 1.807) is 12.1 Å². The summed E-state index contributed by atoms with van der Waals surface area (Å²) in [6, 6.07) is 9.18. The molecule has 0 bridgehead atoms. The molecule has 2 heteroatoms. The Kier molecular flexibility index (Phi) is 7.95. The van der Waals surface area contributed by atoms with Crippen molar-refractivity contribution in [3.63, 3.8) is 0 Å². The standard InChI is InChI=1S/C17H26O2/c1-3-4-5-7-10-15(2)13-14-19-17(18)16-11-8-6-9-12-16/h6,8-9,11-12,15H,3-5,7,10,13-14H2,1-2H3/t15-/m0/s1. The van der Waals surface area contributed by atoms with Crippen LogP contribution in [0.1, 0.15) is 62.7 Å². The lowest BCUT2D eigenvalue weighted by atomic mass is 10.00. The zero-order valence-electron chi connectivity index (χ0n) is 12.2. The van der Waals surface area contributed by atoms with Crippen LogP contribution in [-0.2, 0) is 4.74 Å². The van der Waals surface area contributed by atoms with Crippen molar-refractivity contribution < 1.29 is 9.53 Å². The number of rotatable bonds is 9. The maximum absolute atomic E-state index is 11.7. The molecule has 0 aliphatic rings. The van der Waals surface area contributed by atoms with Gasteiger partial charge in [0.1, 0.15) is 0 Å². The second-order valence-electron chi connectivity index (χ2n) is 5.25. The SMILES string of the molecule is CCCCCC[C@H](C)CCOC(=O)c1ccccc1. The lowest BCUT2D eigenvalue weighted by Gasteiger charge is -2.11. The van der Waals surface area contributed by atoms with Crippen molar-refractivity contribution in [2.24, 2.45) is 5.92 Å². The molecule has 1 aromatic rings. The summed E-state index contributed by atoms with van der Waals surface area (Å²) in [7, 11) is 0. The van der Waals surface area contributed by atoms with Crippen LogP contribution in [-0.4, -0.2) is 12.6 Å². The summed E-state index contributed by atoms with van der Waals surface area (Å²) >= 11 is 0. The molecule has 0 heterocycles. The highest BCUT2D eigenvalue weighted by Crippen LogP contribution is 2.14. The molecule has 19 heavy (non-hydrogen) atoms. The maximum Gasteiger partial charge on any atom is 0.338 e. The monoisotopic (exact) mass is 262 g/mol. The van der Waals surface area contributed by atoms with Gasteiger partial charge in [-0.15, -0.1) is 0 Å².